The van der Waals surface area contributed by atoms with E-state index in [1.165, 1.54) is 7.11 Å². The van der Waals surface area contributed by atoms with Crippen molar-refractivity contribution in [2.24, 2.45) is 5.73 Å². The van der Waals surface area contributed by atoms with E-state index in [4.69, 9.17) is 45.3 Å². The smallest absolute Gasteiger partial charge is 0.138 e. The summed E-state index contributed by atoms with van der Waals surface area (Å²) in [5.74, 6) is 1.03. The molecule has 0 saturated heterocycles. The summed E-state index contributed by atoms with van der Waals surface area (Å²) in [6.45, 7) is 0. The molecule has 1 atom stereocenters. The van der Waals surface area contributed by atoms with E-state index >= 15 is 0 Å². The predicted octanol–water partition coefficient (Wildman–Crippen LogP) is 3.63. The Morgan fingerprint density at radius 3 is 2.53 bits per heavy atom. The average molecular weight is 269 g/mol. The van der Waals surface area contributed by atoms with E-state index in [1.54, 1.807) is 12.1 Å². The fraction of sp³-hybridized carbons (Fsp3) is 0.400. The van der Waals surface area contributed by atoms with Gasteiger partial charge >= 0.3 is 0 Å². The summed E-state index contributed by atoms with van der Waals surface area (Å²) in [5.41, 5.74) is 6.69. The van der Waals surface area contributed by atoms with Crippen molar-refractivity contribution in [2.75, 3.05) is 13.0 Å². The quantitative estimate of drug-likeness (QED) is 0.846. The number of hydrogen-bond donors (Lipinski definition) is 1. The third-order valence-corrected chi connectivity index (χ3v) is 2.93. The molecule has 0 fully saturated rings. The lowest BCUT2D eigenvalue weighted by atomic mass is 10.1. The second kappa shape index (κ2) is 5.80. The van der Waals surface area contributed by atoms with Crippen molar-refractivity contribution >= 4 is 34.8 Å². The Morgan fingerprint density at radius 1 is 1.33 bits per heavy atom. The number of nitrogens with two attached hydrogens (primary N) is 1. The van der Waals surface area contributed by atoms with Gasteiger partial charge in [0.15, 0.2) is 0 Å². The Bertz CT molecular complexity index is 344. The first-order valence-corrected chi connectivity index (χ1v) is 5.73. The molecule has 1 unspecified atom stereocenters. The minimum atomic E-state index is -0.196. The Morgan fingerprint density at radius 2 is 2.00 bits per heavy atom. The minimum Gasteiger partial charge on any atom is -0.495 e. The molecular formula is C10H12Cl3NO. The van der Waals surface area contributed by atoms with Gasteiger partial charge in [0.05, 0.1) is 12.1 Å². The van der Waals surface area contributed by atoms with E-state index in [1.807, 2.05) is 0 Å². The van der Waals surface area contributed by atoms with Crippen LogP contribution in [0.25, 0.3) is 0 Å². The van der Waals surface area contributed by atoms with Crippen molar-refractivity contribution in [3.05, 3.63) is 27.7 Å². The highest BCUT2D eigenvalue weighted by molar-refractivity contribution is 6.34. The first-order chi connectivity index (χ1) is 7.10. The Kier molecular flexibility index (Phi) is 5.00. The molecule has 0 aliphatic heterocycles. The van der Waals surface area contributed by atoms with Gasteiger partial charge in [0.25, 0.3) is 0 Å². The number of methoxy groups -OCH3 is 1. The van der Waals surface area contributed by atoms with Gasteiger partial charge in [-0.1, -0.05) is 23.2 Å². The highest BCUT2D eigenvalue weighted by Crippen LogP contribution is 2.34. The van der Waals surface area contributed by atoms with Crippen LogP contribution in [0.15, 0.2) is 12.1 Å². The maximum Gasteiger partial charge on any atom is 0.138 e. The number of alkyl halides is 1. The molecule has 0 radical (unpaired) electrons. The van der Waals surface area contributed by atoms with Crippen LogP contribution in [0.2, 0.25) is 10.0 Å². The number of halogens is 3. The first kappa shape index (κ1) is 12.9. The third-order valence-electron chi connectivity index (χ3n) is 2.09. The fourth-order valence-corrected chi connectivity index (χ4v) is 2.04. The summed E-state index contributed by atoms with van der Waals surface area (Å²) in [4.78, 5) is 0. The van der Waals surface area contributed by atoms with Gasteiger partial charge in [0.2, 0.25) is 0 Å². The maximum atomic E-state index is 6.05. The van der Waals surface area contributed by atoms with Crippen LogP contribution < -0.4 is 10.5 Å². The Labute approximate surface area is 104 Å². The highest BCUT2D eigenvalue weighted by Gasteiger charge is 2.13. The number of benzene rings is 1. The molecule has 15 heavy (non-hydrogen) atoms. The summed E-state index contributed by atoms with van der Waals surface area (Å²) >= 11 is 17.6. The van der Waals surface area contributed by atoms with Gasteiger partial charge in [0.1, 0.15) is 5.75 Å². The molecule has 0 spiro atoms. The van der Waals surface area contributed by atoms with Gasteiger partial charge < -0.3 is 10.5 Å². The monoisotopic (exact) mass is 267 g/mol. The molecular weight excluding hydrogens is 256 g/mol. The van der Waals surface area contributed by atoms with Crippen molar-refractivity contribution in [1.29, 1.82) is 0 Å². The molecule has 0 heterocycles. The molecule has 0 bridgehead atoms. The van der Waals surface area contributed by atoms with Crippen molar-refractivity contribution in [3.8, 4) is 5.75 Å². The highest BCUT2D eigenvalue weighted by atomic mass is 35.5. The molecule has 0 amide bonds. The van der Waals surface area contributed by atoms with Crippen LogP contribution in [0, 0.1) is 0 Å². The minimum absolute atomic E-state index is 0.196. The van der Waals surface area contributed by atoms with Crippen molar-refractivity contribution in [2.45, 2.75) is 12.5 Å². The van der Waals surface area contributed by atoms with Crippen LogP contribution in [-0.4, -0.2) is 13.0 Å². The zero-order valence-electron chi connectivity index (χ0n) is 8.27. The molecule has 0 aromatic heterocycles. The summed E-state index contributed by atoms with van der Waals surface area (Å²) in [5, 5.41) is 1.05. The van der Waals surface area contributed by atoms with E-state index < -0.39 is 0 Å². The van der Waals surface area contributed by atoms with E-state index in [0.717, 1.165) is 5.56 Å². The van der Waals surface area contributed by atoms with Crippen LogP contribution in [0.5, 0.6) is 5.75 Å². The first-order valence-electron chi connectivity index (χ1n) is 4.44. The maximum absolute atomic E-state index is 6.05. The largest absolute Gasteiger partial charge is 0.495 e. The molecule has 1 aromatic carbocycles. The predicted molar refractivity (Wildman–Crippen MR) is 65.3 cm³/mol. The van der Waals surface area contributed by atoms with Crippen LogP contribution in [0.3, 0.4) is 0 Å². The molecule has 0 aliphatic carbocycles. The summed E-state index contributed by atoms with van der Waals surface area (Å²) in [7, 11) is 1.54. The van der Waals surface area contributed by atoms with Gasteiger partial charge in [-0.25, -0.2) is 0 Å². The lowest BCUT2D eigenvalue weighted by Gasteiger charge is -2.14. The van der Waals surface area contributed by atoms with Crippen LogP contribution >= 0.6 is 34.8 Å². The zero-order chi connectivity index (χ0) is 11.4. The lowest BCUT2D eigenvalue weighted by molar-refractivity contribution is 0.415. The van der Waals surface area contributed by atoms with Crippen LogP contribution in [-0.2, 0) is 0 Å². The van der Waals surface area contributed by atoms with Gasteiger partial charge in [0, 0.05) is 23.0 Å². The van der Waals surface area contributed by atoms with Gasteiger partial charge in [-0.05, 0) is 18.1 Å². The molecule has 2 nitrogen and oxygen atoms in total. The van der Waals surface area contributed by atoms with Crippen LogP contribution in [0.4, 0.5) is 0 Å². The number of rotatable bonds is 4. The van der Waals surface area contributed by atoms with Crippen molar-refractivity contribution < 1.29 is 4.74 Å². The van der Waals surface area contributed by atoms with E-state index in [0.29, 0.717) is 28.1 Å². The topological polar surface area (TPSA) is 35.2 Å². The Hall–Kier alpha value is -0.150. The molecule has 2 N–H and O–H groups in total. The van der Waals surface area contributed by atoms with Gasteiger partial charge in [-0.3, -0.25) is 0 Å². The second-order valence-electron chi connectivity index (χ2n) is 3.09. The normalized spacial score (nSPS) is 12.6. The average Bonchev–Trinajstić information content (AvgIpc) is 2.21. The number of ether oxygens (including phenoxy) is 1. The molecule has 0 aliphatic rings. The van der Waals surface area contributed by atoms with E-state index in [9.17, 15) is 0 Å². The van der Waals surface area contributed by atoms with Gasteiger partial charge in [-0.15, -0.1) is 11.6 Å². The summed E-state index contributed by atoms with van der Waals surface area (Å²) < 4.78 is 5.04. The molecule has 84 valence electrons. The van der Waals surface area contributed by atoms with Crippen molar-refractivity contribution in [1.82, 2.24) is 0 Å². The Balaban J connectivity index is 3.04. The zero-order valence-corrected chi connectivity index (χ0v) is 10.5. The molecule has 1 aromatic rings. The third kappa shape index (κ3) is 3.15. The van der Waals surface area contributed by atoms with E-state index in [-0.39, 0.29) is 6.04 Å². The SMILES string of the molecule is COc1cc(Cl)c(C(N)CCCl)cc1Cl. The second-order valence-corrected chi connectivity index (χ2v) is 4.28. The summed E-state index contributed by atoms with van der Waals surface area (Å²) in [6.07, 6.45) is 0.657. The fourth-order valence-electron chi connectivity index (χ4n) is 1.26. The standard InChI is InChI=1S/C10H12Cl3NO/c1-15-10-5-7(12)6(4-8(10)13)9(14)2-3-11/h4-5,9H,2-3,14H2,1H3. The molecule has 5 heteroatoms. The lowest BCUT2D eigenvalue weighted by Crippen LogP contribution is -2.11. The molecule has 0 saturated carbocycles. The van der Waals surface area contributed by atoms with Gasteiger partial charge in [-0.2, -0.15) is 0 Å². The van der Waals surface area contributed by atoms with Crippen LogP contribution in [0.1, 0.15) is 18.0 Å². The summed E-state index contributed by atoms with van der Waals surface area (Å²) in [6, 6.07) is 3.19. The number of hydrogen-bond acceptors (Lipinski definition) is 2. The van der Waals surface area contributed by atoms with Crippen molar-refractivity contribution in [3.63, 3.8) is 0 Å². The van der Waals surface area contributed by atoms with E-state index in [2.05, 4.69) is 0 Å². The molecule has 1 rings (SSSR count).